The van der Waals surface area contributed by atoms with Gasteiger partial charge in [-0.1, -0.05) is 20.8 Å². The van der Waals surface area contributed by atoms with Crippen molar-refractivity contribution in [3.05, 3.63) is 0 Å². The number of hydrogen-bond donors (Lipinski definition) is 1. The van der Waals surface area contributed by atoms with Gasteiger partial charge in [0.25, 0.3) is 0 Å². The molecular weight excluding hydrogens is 198 g/mol. The summed E-state index contributed by atoms with van der Waals surface area (Å²) in [6, 6.07) is 0.692. The predicted molar refractivity (Wildman–Crippen MR) is 70.6 cm³/mol. The van der Waals surface area contributed by atoms with Crippen molar-refractivity contribution < 1.29 is 0 Å². The summed E-state index contributed by atoms with van der Waals surface area (Å²) in [5.74, 6) is 0. The average molecular weight is 227 g/mol. The van der Waals surface area contributed by atoms with Gasteiger partial charge in [0.05, 0.1) is 0 Å². The van der Waals surface area contributed by atoms with Crippen LogP contribution in [0.5, 0.6) is 0 Å². The number of rotatable bonds is 5. The van der Waals surface area contributed by atoms with E-state index < -0.39 is 0 Å². The fourth-order valence-electron chi connectivity index (χ4n) is 2.54. The standard InChI is InChI=1S/C13H29N3/c1-5-13(4,10-14)11-15-7-8-16(6-2)12(3)9-15/h12H,5-11,14H2,1-4H3. The molecule has 0 aromatic carbocycles. The predicted octanol–water partition coefficient (Wildman–Crippen LogP) is 1.39. The summed E-state index contributed by atoms with van der Waals surface area (Å²) in [7, 11) is 0. The summed E-state index contributed by atoms with van der Waals surface area (Å²) in [4.78, 5) is 5.15. The second-order valence-electron chi connectivity index (χ2n) is 5.58. The topological polar surface area (TPSA) is 32.5 Å². The summed E-state index contributed by atoms with van der Waals surface area (Å²) < 4.78 is 0. The summed E-state index contributed by atoms with van der Waals surface area (Å²) in [5, 5.41) is 0. The Balaban J connectivity index is 2.46. The van der Waals surface area contributed by atoms with Crippen molar-refractivity contribution in [3.63, 3.8) is 0 Å². The Morgan fingerprint density at radius 1 is 1.31 bits per heavy atom. The highest BCUT2D eigenvalue weighted by atomic mass is 15.3. The lowest BCUT2D eigenvalue weighted by Gasteiger charge is -2.42. The zero-order valence-electron chi connectivity index (χ0n) is 11.5. The maximum atomic E-state index is 5.89. The van der Waals surface area contributed by atoms with Crippen molar-refractivity contribution >= 4 is 0 Å². The van der Waals surface area contributed by atoms with Gasteiger partial charge in [0, 0.05) is 32.2 Å². The van der Waals surface area contributed by atoms with Crippen LogP contribution in [0.2, 0.25) is 0 Å². The number of likely N-dealkylation sites (N-methyl/N-ethyl adjacent to an activating group) is 1. The normalized spacial score (nSPS) is 27.9. The molecule has 0 spiro atoms. The molecule has 16 heavy (non-hydrogen) atoms. The van der Waals surface area contributed by atoms with E-state index in [4.69, 9.17) is 5.73 Å². The molecule has 1 heterocycles. The molecule has 3 nitrogen and oxygen atoms in total. The van der Waals surface area contributed by atoms with Gasteiger partial charge in [0.2, 0.25) is 0 Å². The third kappa shape index (κ3) is 3.44. The average Bonchev–Trinajstić information content (AvgIpc) is 2.29. The molecule has 96 valence electrons. The van der Waals surface area contributed by atoms with Crippen LogP contribution in [0.25, 0.3) is 0 Å². The fourth-order valence-corrected chi connectivity index (χ4v) is 2.54. The van der Waals surface area contributed by atoms with Crippen molar-refractivity contribution in [2.75, 3.05) is 39.3 Å². The smallest absolute Gasteiger partial charge is 0.0195 e. The van der Waals surface area contributed by atoms with Gasteiger partial charge in [0.1, 0.15) is 0 Å². The van der Waals surface area contributed by atoms with E-state index in [2.05, 4.69) is 37.5 Å². The minimum absolute atomic E-state index is 0.300. The van der Waals surface area contributed by atoms with Gasteiger partial charge >= 0.3 is 0 Å². The molecule has 1 rings (SSSR count). The molecule has 0 bridgehead atoms. The summed E-state index contributed by atoms with van der Waals surface area (Å²) in [6.07, 6.45) is 1.17. The first-order valence-corrected chi connectivity index (χ1v) is 6.71. The molecular formula is C13H29N3. The molecule has 2 unspecified atom stereocenters. The highest BCUT2D eigenvalue weighted by Gasteiger charge is 2.28. The Morgan fingerprint density at radius 3 is 2.44 bits per heavy atom. The molecule has 3 heteroatoms. The molecule has 0 aromatic rings. The molecule has 1 saturated heterocycles. The van der Waals surface area contributed by atoms with Crippen molar-refractivity contribution in [2.24, 2.45) is 11.1 Å². The van der Waals surface area contributed by atoms with E-state index in [0.717, 1.165) is 13.1 Å². The second kappa shape index (κ2) is 5.99. The van der Waals surface area contributed by atoms with E-state index in [0.29, 0.717) is 11.5 Å². The van der Waals surface area contributed by atoms with Gasteiger partial charge in [0.15, 0.2) is 0 Å². The van der Waals surface area contributed by atoms with Crippen LogP contribution in [0, 0.1) is 5.41 Å². The molecule has 0 aromatic heterocycles. The van der Waals surface area contributed by atoms with E-state index in [1.807, 2.05) is 0 Å². The second-order valence-corrected chi connectivity index (χ2v) is 5.58. The first kappa shape index (κ1) is 13.9. The number of hydrogen-bond acceptors (Lipinski definition) is 3. The summed E-state index contributed by atoms with van der Waals surface area (Å²) in [5.41, 5.74) is 6.19. The van der Waals surface area contributed by atoms with Gasteiger partial charge in [-0.15, -0.1) is 0 Å². The van der Waals surface area contributed by atoms with Crippen LogP contribution < -0.4 is 5.73 Å². The largest absolute Gasteiger partial charge is 0.330 e. The molecule has 0 saturated carbocycles. The van der Waals surface area contributed by atoms with E-state index in [1.54, 1.807) is 0 Å². The molecule has 1 aliphatic rings. The van der Waals surface area contributed by atoms with E-state index in [-0.39, 0.29) is 0 Å². The van der Waals surface area contributed by atoms with Crippen LogP contribution >= 0.6 is 0 Å². The quantitative estimate of drug-likeness (QED) is 0.770. The minimum Gasteiger partial charge on any atom is -0.330 e. The number of nitrogens with zero attached hydrogens (tertiary/aromatic N) is 2. The molecule has 1 fully saturated rings. The van der Waals surface area contributed by atoms with Crippen molar-refractivity contribution in [1.29, 1.82) is 0 Å². The monoisotopic (exact) mass is 227 g/mol. The van der Waals surface area contributed by atoms with Crippen LogP contribution in [0.15, 0.2) is 0 Å². The highest BCUT2D eigenvalue weighted by Crippen LogP contribution is 2.22. The number of piperazine rings is 1. The maximum absolute atomic E-state index is 5.89. The minimum atomic E-state index is 0.300. The van der Waals surface area contributed by atoms with Gasteiger partial charge < -0.3 is 5.73 Å². The molecule has 1 aliphatic heterocycles. The third-order valence-corrected chi connectivity index (χ3v) is 4.21. The maximum Gasteiger partial charge on any atom is 0.0195 e. The fraction of sp³-hybridized carbons (Fsp3) is 1.00. The summed E-state index contributed by atoms with van der Waals surface area (Å²) >= 11 is 0. The van der Waals surface area contributed by atoms with E-state index in [1.165, 1.54) is 32.6 Å². The van der Waals surface area contributed by atoms with Gasteiger partial charge in [-0.05, 0) is 31.8 Å². The van der Waals surface area contributed by atoms with Crippen LogP contribution in [0.1, 0.15) is 34.1 Å². The first-order valence-electron chi connectivity index (χ1n) is 6.71. The lowest BCUT2D eigenvalue weighted by Crippen LogP contribution is -2.54. The SMILES string of the molecule is CCN1CCN(CC(C)(CC)CN)CC1C. The zero-order valence-corrected chi connectivity index (χ0v) is 11.5. The Labute approximate surface area is 101 Å². The van der Waals surface area contributed by atoms with Crippen LogP contribution in [-0.4, -0.2) is 55.1 Å². The molecule has 0 radical (unpaired) electrons. The highest BCUT2D eigenvalue weighted by molar-refractivity contribution is 4.84. The Morgan fingerprint density at radius 2 is 2.00 bits per heavy atom. The van der Waals surface area contributed by atoms with Crippen molar-refractivity contribution in [1.82, 2.24) is 9.80 Å². The van der Waals surface area contributed by atoms with Crippen LogP contribution in [-0.2, 0) is 0 Å². The molecule has 2 N–H and O–H groups in total. The van der Waals surface area contributed by atoms with Gasteiger partial charge in [-0.3, -0.25) is 9.80 Å². The molecule has 2 atom stereocenters. The zero-order chi connectivity index (χ0) is 12.2. The molecule has 0 amide bonds. The van der Waals surface area contributed by atoms with Crippen LogP contribution in [0.4, 0.5) is 0 Å². The van der Waals surface area contributed by atoms with Crippen molar-refractivity contribution in [2.45, 2.75) is 40.2 Å². The molecule has 0 aliphatic carbocycles. The first-order chi connectivity index (χ1) is 7.54. The Hall–Kier alpha value is -0.120. The third-order valence-electron chi connectivity index (χ3n) is 4.21. The van der Waals surface area contributed by atoms with Crippen LogP contribution in [0.3, 0.4) is 0 Å². The van der Waals surface area contributed by atoms with Gasteiger partial charge in [-0.25, -0.2) is 0 Å². The summed E-state index contributed by atoms with van der Waals surface area (Å²) in [6.45, 7) is 15.9. The Kier molecular flexibility index (Phi) is 5.22. The van der Waals surface area contributed by atoms with Crippen molar-refractivity contribution in [3.8, 4) is 0 Å². The van der Waals surface area contributed by atoms with Gasteiger partial charge in [-0.2, -0.15) is 0 Å². The lowest BCUT2D eigenvalue weighted by atomic mass is 9.86. The number of nitrogens with two attached hydrogens (primary N) is 1. The van der Waals surface area contributed by atoms with E-state index >= 15 is 0 Å². The van der Waals surface area contributed by atoms with E-state index in [9.17, 15) is 0 Å². The Bertz CT molecular complexity index is 201. The lowest BCUT2D eigenvalue weighted by molar-refractivity contribution is 0.0588.